The van der Waals surface area contributed by atoms with Crippen LogP contribution < -0.4 is 32.5 Å². The number of carbonyl (C=O) groups is 3. The molecule has 0 aliphatic rings. The maximum Gasteiger partial charge on any atom is 0.335 e. The lowest BCUT2D eigenvalue weighted by atomic mass is 10.1. The average molecular weight is 556 g/mol. The summed E-state index contributed by atoms with van der Waals surface area (Å²) in [6, 6.07) is 12.7. The molecule has 0 spiro atoms. The molecular formula is C26H21N9O6. The molecular weight excluding hydrogens is 534 g/mol. The molecule has 0 atom stereocenters. The van der Waals surface area contributed by atoms with Crippen molar-refractivity contribution >= 4 is 40.6 Å². The molecule has 0 aliphatic carbocycles. The van der Waals surface area contributed by atoms with Crippen molar-refractivity contribution in [3.8, 4) is 0 Å². The van der Waals surface area contributed by atoms with E-state index in [-0.39, 0.29) is 47.2 Å². The number of aryl methyl sites for hydroxylation is 1. The molecule has 41 heavy (non-hydrogen) atoms. The normalized spacial score (nSPS) is 11.0. The number of amides is 2. The highest BCUT2D eigenvalue weighted by atomic mass is 16.4. The fraction of sp³-hybridized carbons (Fsp3) is 0.115. The van der Waals surface area contributed by atoms with Crippen LogP contribution in [0.1, 0.15) is 48.0 Å². The smallest absolute Gasteiger partial charge is 0.335 e. The van der Waals surface area contributed by atoms with Crippen molar-refractivity contribution in [1.82, 2.24) is 35.7 Å². The zero-order chi connectivity index (χ0) is 29.3. The largest absolute Gasteiger partial charge is 0.478 e. The molecule has 15 heteroatoms. The molecule has 6 N–H and O–H groups in total. The number of nitrogens with two attached hydrogens (primary N) is 1. The number of aromatic nitrogens is 5. The monoisotopic (exact) mass is 555 g/mol. The van der Waals surface area contributed by atoms with Gasteiger partial charge in [-0.2, -0.15) is 4.52 Å². The molecule has 2 amide bonds. The van der Waals surface area contributed by atoms with Crippen LogP contribution in [0.15, 0.2) is 58.1 Å². The summed E-state index contributed by atoms with van der Waals surface area (Å²) in [5.41, 5.74) is 6.40. The summed E-state index contributed by atoms with van der Waals surface area (Å²) in [7, 11) is 0. The van der Waals surface area contributed by atoms with E-state index in [9.17, 15) is 29.1 Å². The van der Waals surface area contributed by atoms with Gasteiger partial charge in [-0.05, 0) is 52.2 Å². The minimum Gasteiger partial charge on any atom is -0.478 e. The molecule has 3 aromatic carbocycles. The van der Waals surface area contributed by atoms with Gasteiger partial charge in [-0.1, -0.05) is 29.4 Å². The summed E-state index contributed by atoms with van der Waals surface area (Å²) in [5, 5.41) is 28.5. The molecule has 0 saturated heterocycles. The molecule has 5 rings (SSSR count). The Morgan fingerprint density at radius 3 is 2.39 bits per heavy atom. The van der Waals surface area contributed by atoms with Crippen molar-refractivity contribution in [3.05, 3.63) is 103 Å². The summed E-state index contributed by atoms with van der Waals surface area (Å²) in [4.78, 5) is 64.3. The third-order valence-electron chi connectivity index (χ3n) is 6.21. The second kappa shape index (κ2) is 10.6. The Labute approximate surface area is 229 Å². The van der Waals surface area contributed by atoms with Crippen LogP contribution in [0.3, 0.4) is 0 Å². The predicted molar refractivity (Wildman–Crippen MR) is 145 cm³/mol. The maximum absolute atomic E-state index is 13.1. The molecule has 5 aromatic rings. The highest BCUT2D eigenvalue weighted by Gasteiger charge is 2.20. The molecule has 206 valence electrons. The number of tetrazole rings is 1. The molecule has 2 aromatic heterocycles. The van der Waals surface area contributed by atoms with Gasteiger partial charge >= 0.3 is 5.97 Å². The quantitative estimate of drug-likeness (QED) is 0.155. The number of nitrogen functional groups attached to an aromatic ring is 1. The van der Waals surface area contributed by atoms with Crippen LogP contribution in [-0.2, 0) is 13.1 Å². The minimum absolute atomic E-state index is 0.0206. The van der Waals surface area contributed by atoms with Crippen molar-refractivity contribution < 1.29 is 19.5 Å². The van der Waals surface area contributed by atoms with Gasteiger partial charge in [0.25, 0.3) is 28.4 Å². The number of carboxylic acids is 1. The van der Waals surface area contributed by atoms with E-state index in [1.807, 2.05) is 0 Å². The van der Waals surface area contributed by atoms with Crippen LogP contribution in [0, 0.1) is 6.92 Å². The third kappa shape index (κ3) is 5.31. The number of hydrogen-bond acceptors (Lipinski definition) is 11. The Morgan fingerprint density at radius 2 is 1.68 bits per heavy atom. The topological polar surface area (TPSA) is 224 Å². The summed E-state index contributed by atoms with van der Waals surface area (Å²) in [6.07, 6.45) is 0. The average Bonchev–Trinajstić information content (AvgIpc) is 3.45. The molecule has 15 nitrogen and oxygen atoms in total. The van der Waals surface area contributed by atoms with E-state index in [1.54, 1.807) is 43.3 Å². The molecule has 0 fully saturated rings. The number of hydrogen-bond donors (Lipinski definition) is 5. The molecule has 0 aliphatic heterocycles. The van der Waals surface area contributed by atoms with Crippen LogP contribution in [0.4, 0.5) is 17.1 Å². The van der Waals surface area contributed by atoms with Gasteiger partial charge in [0.2, 0.25) is 0 Å². The van der Waals surface area contributed by atoms with Crippen molar-refractivity contribution in [2.24, 2.45) is 0 Å². The van der Waals surface area contributed by atoms with Crippen molar-refractivity contribution in [2.45, 2.75) is 20.0 Å². The lowest BCUT2D eigenvalue weighted by molar-refractivity contribution is 0.0695. The fourth-order valence-corrected chi connectivity index (χ4v) is 4.07. The van der Waals surface area contributed by atoms with E-state index in [2.05, 4.69) is 36.5 Å². The zero-order valence-corrected chi connectivity index (χ0v) is 21.3. The Balaban J connectivity index is 1.28. The van der Waals surface area contributed by atoms with Gasteiger partial charge in [0, 0.05) is 24.8 Å². The van der Waals surface area contributed by atoms with E-state index in [0.717, 1.165) is 4.52 Å². The van der Waals surface area contributed by atoms with Gasteiger partial charge in [-0.3, -0.25) is 19.2 Å². The Kier molecular flexibility index (Phi) is 6.91. The van der Waals surface area contributed by atoms with Crippen LogP contribution in [0.5, 0.6) is 0 Å². The van der Waals surface area contributed by atoms with Crippen LogP contribution in [-0.4, -0.2) is 47.9 Å². The number of carbonyl (C=O) groups excluding carboxylic acids is 2. The van der Waals surface area contributed by atoms with Crippen LogP contribution >= 0.6 is 0 Å². The zero-order valence-electron chi connectivity index (χ0n) is 21.3. The first kappa shape index (κ1) is 26.6. The van der Waals surface area contributed by atoms with Gasteiger partial charge in [0.05, 0.1) is 5.56 Å². The molecule has 0 unspecified atom stereocenters. The number of benzene rings is 2. The molecule has 0 saturated carbocycles. The second-order valence-electron chi connectivity index (χ2n) is 9.01. The van der Waals surface area contributed by atoms with E-state index < -0.39 is 28.6 Å². The Hall–Kier alpha value is -5.99. The number of nitrogens with zero attached hydrogens (tertiary/aromatic N) is 5. The fourth-order valence-electron chi connectivity index (χ4n) is 4.07. The number of nitrogens with one attached hydrogen (secondary N) is 3. The van der Waals surface area contributed by atoms with E-state index in [1.165, 1.54) is 12.1 Å². The van der Waals surface area contributed by atoms with Gasteiger partial charge < -0.3 is 26.8 Å². The van der Waals surface area contributed by atoms with Crippen molar-refractivity contribution in [3.63, 3.8) is 0 Å². The highest BCUT2D eigenvalue weighted by Crippen LogP contribution is 2.19. The first-order valence-corrected chi connectivity index (χ1v) is 12.1. The predicted octanol–water partition coefficient (Wildman–Crippen LogP) is 0.308. The summed E-state index contributed by atoms with van der Waals surface area (Å²) in [5.74, 6) is -2.30. The van der Waals surface area contributed by atoms with E-state index >= 15 is 0 Å². The van der Waals surface area contributed by atoms with Gasteiger partial charge in [-0.25, -0.2) is 9.78 Å². The van der Waals surface area contributed by atoms with Gasteiger partial charge in [0.15, 0.2) is 0 Å². The first-order valence-electron chi connectivity index (χ1n) is 12.1. The number of carboxylic acid groups (broad SMARTS) is 1. The molecule has 0 radical (unpaired) electrons. The lowest BCUT2D eigenvalue weighted by Gasteiger charge is -2.12. The Bertz CT molecular complexity index is 1920. The molecule has 2 heterocycles. The number of anilines is 3. The van der Waals surface area contributed by atoms with Crippen LogP contribution in [0.2, 0.25) is 0 Å². The van der Waals surface area contributed by atoms with E-state index in [4.69, 9.17) is 5.73 Å². The van der Waals surface area contributed by atoms with Crippen molar-refractivity contribution in [1.29, 1.82) is 0 Å². The van der Waals surface area contributed by atoms with Crippen molar-refractivity contribution in [2.75, 3.05) is 11.1 Å². The van der Waals surface area contributed by atoms with E-state index in [0.29, 0.717) is 22.4 Å². The number of fused-ring (bicyclic) bond motifs is 1. The summed E-state index contributed by atoms with van der Waals surface area (Å²) < 4.78 is 1.09. The maximum atomic E-state index is 13.1. The third-order valence-corrected chi connectivity index (χ3v) is 6.21. The van der Waals surface area contributed by atoms with Crippen LogP contribution in [0.25, 0.3) is 5.78 Å². The molecule has 0 bridgehead atoms. The number of aromatic carboxylic acids is 1. The minimum atomic E-state index is -1.04. The lowest BCUT2D eigenvalue weighted by Crippen LogP contribution is -2.36. The highest BCUT2D eigenvalue weighted by molar-refractivity contribution is 5.98. The number of rotatable bonds is 9. The summed E-state index contributed by atoms with van der Waals surface area (Å²) in [6.45, 7) is 1.81. The Morgan fingerprint density at radius 1 is 0.951 bits per heavy atom. The standard InChI is InChI=1S/C26H21N9O6/c1-12-7-14(5-6-16(12)25(40)41)11-28-23(38)17-9-18(35-26(31-17)32-33-34-35)24(39)29-10-13-3-2-4-15(8-13)30-20-19(27)21(36)22(20)37/h2-9,30H,10-11,27H2,1H3,(H,28,38)(H,29,39)(H,40,41). The summed E-state index contributed by atoms with van der Waals surface area (Å²) >= 11 is 0. The first-order chi connectivity index (χ1) is 19.6. The van der Waals surface area contributed by atoms with Gasteiger partial charge in [-0.15, -0.1) is 0 Å². The second-order valence-corrected chi connectivity index (χ2v) is 9.01. The van der Waals surface area contributed by atoms with Gasteiger partial charge in [0.1, 0.15) is 22.8 Å². The SMILES string of the molecule is Cc1cc(CNC(=O)c2cc(C(=O)NCc3cccc(Nc4c(N)c(=O)c4=O)c3)n3nnnc3n2)ccc1C(=O)O.